The van der Waals surface area contributed by atoms with E-state index in [0.717, 1.165) is 44.9 Å². The van der Waals surface area contributed by atoms with Crippen LogP contribution in [-0.4, -0.2) is 41.7 Å². The number of para-hydroxylation sites is 2. The molecule has 10 nitrogen and oxygen atoms in total. The Labute approximate surface area is 269 Å². The van der Waals surface area contributed by atoms with Crippen molar-refractivity contribution in [2.45, 2.75) is 51.0 Å². The second-order valence-electron chi connectivity index (χ2n) is 12.6. The summed E-state index contributed by atoms with van der Waals surface area (Å²) in [7, 11) is 3.63. The molecule has 0 fully saturated rings. The zero-order chi connectivity index (χ0) is 32.1. The van der Waals surface area contributed by atoms with E-state index in [4.69, 9.17) is 29.9 Å². The van der Waals surface area contributed by atoms with Gasteiger partial charge < -0.3 is 20.5 Å². The molecule has 3 N–H and O–H groups in total. The number of benzene rings is 4. The first-order valence-corrected chi connectivity index (χ1v) is 15.3. The number of hydrogen-bond acceptors (Lipinski definition) is 10. The highest BCUT2D eigenvalue weighted by Crippen LogP contribution is 2.48. The topological polar surface area (TPSA) is 106 Å². The molecular formula is C36H38N6O4. The predicted octanol–water partition coefficient (Wildman–Crippen LogP) is 5.37. The number of nitrogens with one attached hydrogen (secondary N) is 1. The maximum atomic E-state index is 6.37. The molecule has 2 unspecified atom stereocenters. The van der Waals surface area contributed by atoms with Crippen molar-refractivity contribution in [1.29, 1.82) is 0 Å². The molecule has 236 valence electrons. The molecule has 0 bridgehead atoms. The number of hydroxylamine groups is 4. The van der Waals surface area contributed by atoms with Gasteiger partial charge in [0.1, 0.15) is 24.7 Å². The highest BCUT2D eigenvalue weighted by molar-refractivity contribution is 5.82. The third-order valence-electron chi connectivity index (χ3n) is 8.22. The van der Waals surface area contributed by atoms with Crippen LogP contribution in [0, 0.1) is 0 Å². The molecule has 4 aromatic rings. The van der Waals surface area contributed by atoms with Gasteiger partial charge in [-0.3, -0.25) is 0 Å². The zero-order valence-corrected chi connectivity index (χ0v) is 26.7. The Morgan fingerprint density at radius 1 is 0.630 bits per heavy atom. The quantitative estimate of drug-likeness (QED) is 0.271. The second-order valence-corrected chi connectivity index (χ2v) is 12.6. The molecule has 4 aliphatic heterocycles. The summed E-state index contributed by atoms with van der Waals surface area (Å²) in [5.74, 6) is 2.62. The molecule has 0 aliphatic carbocycles. The van der Waals surface area contributed by atoms with E-state index >= 15 is 0 Å². The Balaban J connectivity index is 0.000000149. The van der Waals surface area contributed by atoms with Gasteiger partial charge in [0, 0.05) is 30.8 Å². The van der Waals surface area contributed by atoms with Crippen LogP contribution in [0.2, 0.25) is 0 Å². The van der Waals surface area contributed by atoms with Crippen molar-refractivity contribution in [2.24, 2.45) is 15.7 Å². The predicted molar refractivity (Wildman–Crippen MR) is 176 cm³/mol. The Bertz CT molecular complexity index is 1750. The standard InChI is InChI=1S/C20H23N3O2.C16H15N3O2/c1-19(2,3)21-18-22-20(25-23(18)4)15-10-6-5-9-14(15)13-24-17-12-8-7-11-16(17)20;1-19-15(17)18-16(21-19)12-7-3-2-6-11(12)10-20-14-9-5-4-8-13(14)16/h5-12H,13H2,1-4H3,(H,21,22);2-9H,10H2,1H3,(H2,17,18). The first-order chi connectivity index (χ1) is 22.1. The molecule has 0 aromatic heterocycles. The number of ether oxygens (including phenoxy) is 2. The van der Waals surface area contributed by atoms with Crippen molar-refractivity contribution in [3.8, 4) is 11.5 Å². The Hall–Kier alpha value is -5.06. The van der Waals surface area contributed by atoms with Crippen LogP contribution in [0.3, 0.4) is 0 Å². The van der Waals surface area contributed by atoms with E-state index in [2.05, 4.69) is 43.2 Å². The van der Waals surface area contributed by atoms with Crippen LogP contribution in [0.25, 0.3) is 0 Å². The summed E-state index contributed by atoms with van der Waals surface area (Å²) < 4.78 is 12.0. The van der Waals surface area contributed by atoms with Gasteiger partial charge >= 0.3 is 0 Å². The third-order valence-corrected chi connectivity index (χ3v) is 8.22. The van der Waals surface area contributed by atoms with Gasteiger partial charge in [0.05, 0.1) is 11.1 Å². The van der Waals surface area contributed by atoms with Gasteiger partial charge in [-0.1, -0.05) is 72.8 Å². The molecule has 0 saturated carbocycles. The maximum absolute atomic E-state index is 6.37. The number of rotatable bonds is 0. The van der Waals surface area contributed by atoms with Crippen LogP contribution < -0.4 is 20.5 Å². The van der Waals surface area contributed by atoms with E-state index in [0.29, 0.717) is 25.1 Å². The molecule has 0 saturated heterocycles. The number of guanidine groups is 2. The molecule has 0 radical (unpaired) electrons. The molecule has 0 amide bonds. The fourth-order valence-electron chi connectivity index (χ4n) is 6.16. The minimum atomic E-state index is -0.970. The number of hydrogen-bond donors (Lipinski definition) is 2. The SMILES string of the molecule is CN1OC2(N=C1N)c1ccccc1COc1ccccc12.CN1OC2(N=C1NC(C)(C)C)c1ccccc1COc1ccccc12. The summed E-state index contributed by atoms with van der Waals surface area (Å²) in [6.07, 6.45) is 0. The second kappa shape index (κ2) is 11.1. The van der Waals surface area contributed by atoms with Crippen molar-refractivity contribution in [3.05, 3.63) is 130 Å². The molecular weight excluding hydrogens is 580 g/mol. The first kappa shape index (κ1) is 29.6. The normalized spacial score (nSPS) is 22.5. The molecule has 46 heavy (non-hydrogen) atoms. The number of nitrogens with two attached hydrogens (primary N) is 1. The van der Waals surface area contributed by atoms with Crippen molar-refractivity contribution in [3.63, 3.8) is 0 Å². The van der Waals surface area contributed by atoms with E-state index in [1.807, 2.05) is 92.0 Å². The molecule has 8 rings (SSSR count). The van der Waals surface area contributed by atoms with E-state index in [-0.39, 0.29) is 5.54 Å². The number of aliphatic imine (C=N–C) groups is 2. The van der Waals surface area contributed by atoms with E-state index in [1.54, 1.807) is 12.1 Å². The van der Waals surface area contributed by atoms with Crippen LogP contribution in [0.15, 0.2) is 107 Å². The highest BCUT2D eigenvalue weighted by Gasteiger charge is 2.49. The van der Waals surface area contributed by atoms with Gasteiger partial charge in [0.15, 0.2) is 0 Å². The van der Waals surface area contributed by atoms with Crippen LogP contribution in [0.1, 0.15) is 54.2 Å². The maximum Gasteiger partial charge on any atom is 0.243 e. The van der Waals surface area contributed by atoms with Crippen molar-refractivity contribution >= 4 is 11.9 Å². The van der Waals surface area contributed by atoms with Crippen molar-refractivity contribution < 1.29 is 19.1 Å². The van der Waals surface area contributed by atoms with Gasteiger partial charge in [-0.25, -0.2) is 29.8 Å². The van der Waals surface area contributed by atoms with Gasteiger partial charge in [-0.2, -0.15) is 0 Å². The number of nitrogens with zero attached hydrogens (tertiary/aromatic N) is 4. The van der Waals surface area contributed by atoms with E-state index < -0.39 is 11.4 Å². The third kappa shape index (κ3) is 4.99. The lowest BCUT2D eigenvalue weighted by molar-refractivity contribution is -0.153. The van der Waals surface area contributed by atoms with Gasteiger partial charge in [-0.05, 0) is 56.2 Å². The molecule has 2 spiro atoms. The monoisotopic (exact) mass is 618 g/mol. The molecule has 10 heteroatoms. The lowest BCUT2D eigenvalue weighted by Gasteiger charge is -2.28. The molecule has 4 aromatic carbocycles. The summed E-state index contributed by atoms with van der Waals surface area (Å²) in [5, 5.41) is 6.64. The largest absolute Gasteiger partial charge is 0.488 e. The highest BCUT2D eigenvalue weighted by atomic mass is 16.7. The van der Waals surface area contributed by atoms with Crippen LogP contribution >= 0.6 is 0 Å². The van der Waals surface area contributed by atoms with Crippen molar-refractivity contribution in [2.75, 3.05) is 14.1 Å². The lowest BCUT2D eigenvalue weighted by atomic mass is 9.91. The Morgan fingerprint density at radius 2 is 1.07 bits per heavy atom. The Morgan fingerprint density at radius 3 is 1.54 bits per heavy atom. The summed E-state index contributed by atoms with van der Waals surface area (Å²) in [6.45, 7) is 7.29. The summed E-state index contributed by atoms with van der Waals surface area (Å²) in [6, 6.07) is 31.9. The van der Waals surface area contributed by atoms with Crippen LogP contribution in [0.5, 0.6) is 11.5 Å². The summed E-state index contributed by atoms with van der Waals surface area (Å²) >= 11 is 0. The van der Waals surface area contributed by atoms with Crippen LogP contribution in [0.4, 0.5) is 0 Å². The fourth-order valence-corrected chi connectivity index (χ4v) is 6.16. The Kier molecular flexibility index (Phi) is 7.14. The lowest BCUT2D eigenvalue weighted by Crippen LogP contribution is -2.46. The summed E-state index contributed by atoms with van der Waals surface area (Å²) in [4.78, 5) is 22.1. The molecule has 4 heterocycles. The van der Waals surface area contributed by atoms with Crippen molar-refractivity contribution in [1.82, 2.24) is 15.4 Å². The minimum Gasteiger partial charge on any atom is -0.488 e. The summed E-state index contributed by atoms with van der Waals surface area (Å²) in [5.41, 5.74) is 9.80. The van der Waals surface area contributed by atoms with E-state index in [9.17, 15) is 0 Å². The average Bonchev–Trinajstić information content (AvgIpc) is 3.44. The van der Waals surface area contributed by atoms with Crippen LogP contribution in [-0.2, 0) is 34.3 Å². The zero-order valence-electron chi connectivity index (χ0n) is 26.7. The molecule has 4 aliphatic rings. The minimum absolute atomic E-state index is 0.123. The fraction of sp³-hybridized carbons (Fsp3) is 0.278. The number of fused-ring (bicyclic) bond motifs is 8. The van der Waals surface area contributed by atoms with E-state index in [1.165, 1.54) is 5.06 Å². The van der Waals surface area contributed by atoms with Gasteiger partial charge in [0.25, 0.3) is 0 Å². The van der Waals surface area contributed by atoms with Gasteiger partial charge in [-0.15, -0.1) is 0 Å². The first-order valence-electron chi connectivity index (χ1n) is 15.3. The van der Waals surface area contributed by atoms with Gasteiger partial charge in [0.2, 0.25) is 23.4 Å². The smallest absolute Gasteiger partial charge is 0.243 e. The molecule has 2 atom stereocenters. The average molecular weight is 619 g/mol.